The maximum atomic E-state index is 5.87. The van der Waals surface area contributed by atoms with Gasteiger partial charge < -0.3 is 15.0 Å². The summed E-state index contributed by atoms with van der Waals surface area (Å²) in [5.74, 6) is 2.05. The molecular weight excluding hydrogens is 214 g/mol. The molecule has 0 spiro atoms. The fourth-order valence-electron chi connectivity index (χ4n) is 1.04. The van der Waals surface area contributed by atoms with Crippen molar-refractivity contribution in [3.8, 4) is 0 Å². The lowest BCUT2D eigenvalue weighted by molar-refractivity contribution is 0.126. The van der Waals surface area contributed by atoms with Crippen molar-refractivity contribution < 1.29 is 9.26 Å². The Hall–Kier alpha value is -0.590. The summed E-state index contributed by atoms with van der Waals surface area (Å²) in [6.07, 6.45) is 2.89. The molecule has 15 heavy (non-hydrogen) atoms. The van der Waals surface area contributed by atoms with Gasteiger partial charge in [0.1, 0.15) is 6.61 Å². The topological polar surface area (TPSA) is 74.2 Å². The molecule has 1 heterocycles. The molecule has 0 bridgehead atoms. The molecule has 0 aromatic carbocycles. The van der Waals surface area contributed by atoms with E-state index in [1.165, 1.54) is 0 Å². The molecule has 1 rings (SSSR count). The number of thioether (sulfide) groups is 1. The SMILES string of the molecule is CCOCc1noc([C@H](N)CCSC)n1. The number of nitrogens with zero attached hydrogens (tertiary/aromatic N) is 2. The van der Waals surface area contributed by atoms with Crippen molar-refractivity contribution in [1.29, 1.82) is 0 Å². The fourth-order valence-corrected chi connectivity index (χ4v) is 1.53. The molecule has 1 atom stereocenters. The van der Waals surface area contributed by atoms with Gasteiger partial charge in [-0.05, 0) is 25.4 Å². The highest BCUT2D eigenvalue weighted by Gasteiger charge is 2.13. The third-order valence-electron chi connectivity index (χ3n) is 1.87. The smallest absolute Gasteiger partial charge is 0.243 e. The second-order valence-corrected chi connectivity index (χ2v) is 4.06. The standard InChI is InChI=1S/C9H17N3O2S/c1-3-13-6-8-11-9(14-12-8)7(10)4-5-15-2/h7H,3-6,10H2,1-2H3/t7-/m1/s1. The molecule has 5 nitrogen and oxygen atoms in total. The van der Waals surface area contributed by atoms with Crippen LogP contribution in [-0.4, -0.2) is 28.8 Å². The summed E-state index contributed by atoms with van der Waals surface area (Å²) in [6, 6.07) is -0.166. The minimum atomic E-state index is -0.166. The average molecular weight is 231 g/mol. The molecule has 0 amide bonds. The first-order chi connectivity index (χ1) is 7.27. The molecule has 2 N–H and O–H groups in total. The number of rotatable bonds is 7. The van der Waals surface area contributed by atoms with Crippen molar-refractivity contribution in [3.63, 3.8) is 0 Å². The van der Waals surface area contributed by atoms with Gasteiger partial charge in [-0.2, -0.15) is 16.7 Å². The quantitative estimate of drug-likeness (QED) is 0.763. The molecule has 0 radical (unpaired) electrons. The molecule has 1 aromatic rings. The Bertz CT molecular complexity index is 280. The highest BCUT2D eigenvalue weighted by molar-refractivity contribution is 7.98. The molecule has 0 aliphatic carbocycles. The predicted molar refractivity (Wildman–Crippen MR) is 59.6 cm³/mol. The first-order valence-electron chi connectivity index (χ1n) is 4.92. The molecule has 0 aliphatic rings. The Labute approximate surface area is 93.7 Å². The van der Waals surface area contributed by atoms with Crippen LogP contribution in [0, 0.1) is 0 Å². The third-order valence-corrected chi connectivity index (χ3v) is 2.51. The summed E-state index contributed by atoms with van der Waals surface area (Å²) in [5.41, 5.74) is 5.87. The maximum absolute atomic E-state index is 5.87. The van der Waals surface area contributed by atoms with Crippen LogP contribution in [0.2, 0.25) is 0 Å². The molecule has 86 valence electrons. The summed E-state index contributed by atoms with van der Waals surface area (Å²) in [7, 11) is 0. The van der Waals surface area contributed by atoms with Crippen molar-refractivity contribution in [3.05, 3.63) is 11.7 Å². The van der Waals surface area contributed by atoms with Crippen LogP contribution in [0.4, 0.5) is 0 Å². The second kappa shape index (κ2) is 6.81. The Morgan fingerprint density at radius 1 is 1.60 bits per heavy atom. The van der Waals surface area contributed by atoms with Gasteiger partial charge >= 0.3 is 0 Å². The monoisotopic (exact) mass is 231 g/mol. The van der Waals surface area contributed by atoms with Crippen LogP contribution in [0.5, 0.6) is 0 Å². The largest absolute Gasteiger partial charge is 0.374 e. The number of aromatic nitrogens is 2. The van der Waals surface area contributed by atoms with Crippen LogP contribution < -0.4 is 5.73 Å². The van der Waals surface area contributed by atoms with E-state index < -0.39 is 0 Å². The fraction of sp³-hybridized carbons (Fsp3) is 0.778. The van der Waals surface area contributed by atoms with E-state index in [0.717, 1.165) is 12.2 Å². The van der Waals surface area contributed by atoms with Gasteiger partial charge in [0, 0.05) is 6.61 Å². The van der Waals surface area contributed by atoms with Gasteiger partial charge in [-0.1, -0.05) is 5.16 Å². The molecule has 0 saturated carbocycles. The molecule has 1 aromatic heterocycles. The average Bonchev–Trinajstić information content (AvgIpc) is 2.71. The van der Waals surface area contributed by atoms with Crippen molar-refractivity contribution in [2.75, 3.05) is 18.6 Å². The van der Waals surface area contributed by atoms with Crippen LogP contribution in [-0.2, 0) is 11.3 Å². The normalized spacial score (nSPS) is 13.0. The van der Waals surface area contributed by atoms with E-state index in [9.17, 15) is 0 Å². The van der Waals surface area contributed by atoms with Gasteiger partial charge in [0.05, 0.1) is 6.04 Å². The van der Waals surface area contributed by atoms with Crippen molar-refractivity contribution in [2.45, 2.75) is 26.0 Å². The Morgan fingerprint density at radius 2 is 2.40 bits per heavy atom. The van der Waals surface area contributed by atoms with Gasteiger partial charge in [0.2, 0.25) is 5.89 Å². The van der Waals surface area contributed by atoms with E-state index in [-0.39, 0.29) is 6.04 Å². The van der Waals surface area contributed by atoms with Gasteiger partial charge in [-0.25, -0.2) is 0 Å². The van der Waals surface area contributed by atoms with E-state index in [1.54, 1.807) is 11.8 Å². The zero-order valence-electron chi connectivity index (χ0n) is 9.10. The van der Waals surface area contributed by atoms with Gasteiger partial charge in [-0.15, -0.1) is 0 Å². The molecule has 0 unspecified atom stereocenters. The summed E-state index contributed by atoms with van der Waals surface area (Å²) in [4.78, 5) is 4.16. The molecule has 0 aliphatic heterocycles. The summed E-state index contributed by atoms with van der Waals surface area (Å²) >= 11 is 1.75. The summed E-state index contributed by atoms with van der Waals surface area (Å²) in [6.45, 7) is 2.95. The Kier molecular flexibility index (Phi) is 5.67. The van der Waals surface area contributed by atoms with Crippen LogP contribution in [0.25, 0.3) is 0 Å². The third kappa shape index (κ3) is 4.19. The number of nitrogens with two attached hydrogens (primary N) is 1. The van der Waals surface area contributed by atoms with Gasteiger partial charge in [0.15, 0.2) is 5.82 Å². The van der Waals surface area contributed by atoms with E-state index in [2.05, 4.69) is 10.1 Å². The van der Waals surface area contributed by atoms with Crippen molar-refractivity contribution in [2.24, 2.45) is 5.73 Å². The molecule has 0 saturated heterocycles. The van der Waals surface area contributed by atoms with Crippen LogP contribution in [0.1, 0.15) is 31.1 Å². The van der Waals surface area contributed by atoms with Gasteiger partial charge in [-0.3, -0.25) is 0 Å². The van der Waals surface area contributed by atoms with E-state index >= 15 is 0 Å². The molecule has 0 fully saturated rings. The zero-order valence-corrected chi connectivity index (χ0v) is 9.92. The van der Waals surface area contributed by atoms with Crippen LogP contribution in [0.15, 0.2) is 4.52 Å². The van der Waals surface area contributed by atoms with Crippen molar-refractivity contribution >= 4 is 11.8 Å². The second-order valence-electron chi connectivity index (χ2n) is 3.07. The van der Waals surface area contributed by atoms with E-state index in [0.29, 0.717) is 24.9 Å². The van der Waals surface area contributed by atoms with Crippen molar-refractivity contribution in [1.82, 2.24) is 10.1 Å². The van der Waals surface area contributed by atoms with Gasteiger partial charge in [0.25, 0.3) is 0 Å². The summed E-state index contributed by atoms with van der Waals surface area (Å²) < 4.78 is 10.2. The first-order valence-corrected chi connectivity index (χ1v) is 6.32. The predicted octanol–water partition coefficient (Wildman–Crippen LogP) is 1.36. The molecule has 6 heteroatoms. The minimum absolute atomic E-state index is 0.166. The first kappa shape index (κ1) is 12.5. The van der Waals surface area contributed by atoms with Crippen LogP contribution >= 0.6 is 11.8 Å². The minimum Gasteiger partial charge on any atom is -0.374 e. The molecular formula is C9H17N3O2S. The van der Waals surface area contributed by atoms with E-state index in [1.807, 2.05) is 13.2 Å². The Balaban J connectivity index is 2.43. The highest BCUT2D eigenvalue weighted by atomic mass is 32.2. The lowest BCUT2D eigenvalue weighted by atomic mass is 10.2. The highest BCUT2D eigenvalue weighted by Crippen LogP contribution is 2.14. The number of hydrogen-bond acceptors (Lipinski definition) is 6. The van der Waals surface area contributed by atoms with Crippen LogP contribution in [0.3, 0.4) is 0 Å². The lowest BCUT2D eigenvalue weighted by Crippen LogP contribution is -2.11. The zero-order chi connectivity index (χ0) is 11.1. The number of ether oxygens (including phenoxy) is 1. The lowest BCUT2D eigenvalue weighted by Gasteiger charge is -2.03. The van der Waals surface area contributed by atoms with E-state index in [4.69, 9.17) is 15.0 Å². The summed E-state index contributed by atoms with van der Waals surface area (Å²) in [5, 5.41) is 3.78. The Morgan fingerprint density at radius 3 is 3.07 bits per heavy atom. The number of hydrogen-bond donors (Lipinski definition) is 1. The maximum Gasteiger partial charge on any atom is 0.243 e.